The smallest absolute Gasteiger partial charge is 0.462 e. The number of esters is 2. The lowest BCUT2D eigenvalue weighted by Gasteiger charge is -2.18. The van der Waals surface area contributed by atoms with E-state index >= 15 is 0 Å². The molecule has 1 aliphatic heterocycles. The average molecular weight is 789 g/mol. The molecule has 10 heteroatoms. The summed E-state index contributed by atoms with van der Waals surface area (Å²) in [6.45, 7) is 3.53. The van der Waals surface area contributed by atoms with E-state index in [0.717, 1.165) is 64.2 Å². The minimum atomic E-state index is -4.79. The van der Waals surface area contributed by atoms with Gasteiger partial charge in [0.1, 0.15) is 6.61 Å². The fraction of sp³-hybridized carbons (Fsp3) is 0.644. The molecule has 1 saturated heterocycles. The molecule has 0 aliphatic carbocycles. The second-order valence-corrected chi connectivity index (χ2v) is 15.2. The van der Waals surface area contributed by atoms with Gasteiger partial charge in [-0.25, -0.2) is 4.57 Å². The van der Waals surface area contributed by atoms with Crippen LogP contribution in [-0.4, -0.2) is 53.3 Å². The third kappa shape index (κ3) is 35.4. The number of phosphoric ester groups is 1. The molecule has 1 aliphatic rings. The molecule has 0 aromatic rings. The van der Waals surface area contributed by atoms with Crippen molar-refractivity contribution in [2.24, 2.45) is 0 Å². The SMILES string of the molecule is CCCCC/C=C\C/C=C\C/C=C\C/C=C\CCCCCC(=O)OC[C@H](COP(=O)(O)O)OC(=O)CCC/C=C\C/C=C\CC1OC1C/C=C\CCCCC. The molecule has 0 radical (unpaired) electrons. The zero-order valence-corrected chi connectivity index (χ0v) is 34.9. The Balaban J connectivity index is 2.15. The number of carbonyl (C=O) groups is 2. The summed E-state index contributed by atoms with van der Waals surface area (Å²) in [6, 6.07) is 0. The summed E-state index contributed by atoms with van der Waals surface area (Å²) < 4.78 is 32.0. The zero-order valence-electron chi connectivity index (χ0n) is 34.0. The number of carbonyl (C=O) groups excluding carboxylic acids is 2. The number of rotatable bonds is 36. The van der Waals surface area contributed by atoms with Gasteiger partial charge in [-0.2, -0.15) is 0 Å². The van der Waals surface area contributed by atoms with E-state index in [-0.39, 0.29) is 19.4 Å². The number of hydrogen-bond donors (Lipinski definition) is 2. The molecule has 1 fully saturated rings. The van der Waals surface area contributed by atoms with Gasteiger partial charge in [-0.05, 0) is 96.3 Å². The van der Waals surface area contributed by atoms with E-state index in [1.54, 1.807) is 0 Å². The number of unbranched alkanes of at least 4 members (excludes halogenated alkanes) is 10. The van der Waals surface area contributed by atoms with Crippen LogP contribution in [0.5, 0.6) is 0 Å². The Morgan fingerprint density at radius 2 is 1.00 bits per heavy atom. The Morgan fingerprint density at radius 1 is 0.564 bits per heavy atom. The van der Waals surface area contributed by atoms with E-state index in [1.165, 1.54) is 44.9 Å². The highest BCUT2D eigenvalue weighted by molar-refractivity contribution is 7.46. The van der Waals surface area contributed by atoms with Gasteiger partial charge in [-0.1, -0.05) is 131 Å². The van der Waals surface area contributed by atoms with Crippen molar-refractivity contribution < 1.29 is 42.7 Å². The molecule has 9 nitrogen and oxygen atoms in total. The summed E-state index contributed by atoms with van der Waals surface area (Å²) in [5, 5.41) is 0. The van der Waals surface area contributed by atoms with Crippen molar-refractivity contribution in [2.45, 2.75) is 173 Å². The maximum atomic E-state index is 12.4. The van der Waals surface area contributed by atoms with Gasteiger partial charge in [0.15, 0.2) is 6.10 Å². The number of hydrogen-bond acceptors (Lipinski definition) is 7. The number of allylic oxidation sites excluding steroid dienone is 12. The molecule has 2 unspecified atom stereocenters. The Hall–Kier alpha value is -2.81. The van der Waals surface area contributed by atoms with Crippen molar-refractivity contribution >= 4 is 19.8 Å². The molecule has 0 amide bonds. The first kappa shape index (κ1) is 50.2. The molecule has 1 rings (SSSR count). The molecule has 0 aromatic heterocycles. The monoisotopic (exact) mass is 788 g/mol. The van der Waals surface area contributed by atoms with Gasteiger partial charge >= 0.3 is 19.8 Å². The van der Waals surface area contributed by atoms with Crippen molar-refractivity contribution in [2.75, 3.05) is 13.2 Å². The molecule has 3 atom stereocenters. The summed E-state index contributed by atoms with van der Waals surface area (Å²) in [7, 11) is -4.79. The highest BCUT2D eigenvalue weighted by Gasteiger charge is 2.36. The van der Waals surface area contributed by atoms with Crippen molar-refractivity contribution in [3.8, 4) is 0 Å². The maximum absolute atomic E-state index is 12.4. The fourth-order valence-corrected chi connectivity index (χ4v) is 5.87. The maximum Gasteiger partial charge on any atom is 0.469 e. The Bertz CT molecular complexity index is 1230. The van der Waals surface area contributed by atoms with E-state index < -0.39 is 32.5 Å². The second-order valence-electron chi connectivity index (χ2n) is 14.0. The Kier molecular flexibility index (Phi) is 32.5. The van der Waals surface area contributed by atoms with E-state index in [1.807, 2.05) is 12.2 Å². The van der Waals surface area contributed by atoms with Crippen LogP contribution in [0, 0.1) is 0 Å². The average Bonchev–Trinajstić information content (AvgIpc) is 3.91. The number of ether oxygens (including phenoxy) is 3. The molecule has 55 heavy (non-hydrogen) atoms. The highest BCUT2D eigenvalue weighted by atomic mass is 31.2. The first-order valence-electron chi connectivity index (χ1n) is 21.0. The molecule has 2 N–H and O–H groups in total. The predicted molar refractivity (Wildman–Crippen MR) is 224 cm³/mol. The molecular weight excluding hydrogens is 715 g/mol. The summed E-state index contributed by atoms with van der Waals surface area (Å²) in [5.41, 5.74) is 0. The molecule has 0 saturated carbocycles. The first-order chi connectivity index (χ1) is 26.7. The van der Waals surface area contributed by atoms with Gasteiger partial charge in [-0.3, -0.25) is 14.1 Å². The van der Waals surface area contributed by atoms with Crippen LogP contribution in [0.1, 0.15) is 155 Å². The number of epoxide rings is 1. The normalized spacial score (nSPS) is 17.0. The van der Waals surface area contributed by atoms with Gasteiger partial charge in [0.2, 0.25) is 0 Å². The second kappa shape index (κ2) is 35.6. The lowest BCUT2D eigenvalue weighted by Crippen LogP contribution is -2.29. The Morgan fingerprint density at radius 3 is 1.53 bits per heavy atom. The van der Waals surface area contributed by atoms with Crippen molar-refractivity contribution in [1.29, 1.82) is 0 Å². The lowest BCUT2D eigenvalue weighted by molar-refractivity contribution is -0.161. The minimum Gasteiger partial charge on any atom is -0.462 e. The Labute approximate surface area is 333 Å². The molecule has 0 spiro atoms. The van der Waals surface area contributed by atoms with Gasteiger partial charge in [0, 0.05) is 12.8 Å². The van der Waals surface area contributed by atoms with Crippen LogP contribution < -0.4 is 0 Å². The van der Waals surface area contributed by atoms with Crippen LogP contribution in [-0.2, 0) is 32.9 Å². The van der Waals surface area contributed by atoms with Crippen molar-refractivity contribution in [1.82, 2.24) is 0 Å². The molecule has 312 valence electrons. The molecule has 0 bridgehead atoms. The quantitative estimate of drug-likeness (QED) is 0.0209. The summed E-state index contributed by atoms with van der Waals surface area (Å²) >= 11 is 0. The lowest BCUT2D eigenvalue weighted by atomic mass is 10.1. The standard InChI is InChI=1S/C45H73O9P/c1-3-5-7-9-11-12-13-14-15-16-17-18-19-20-21-22-25-29-33-37-44(46)51-39-41(40-52-55(48,49)50)53-45(47)38-34-30-26-23-24-28-32-36-43-42(54-43)35-31-27-10-8-6-4-2/h11-12,14-15,17-18,20-21,23,26-28,31-32,41-43H,3-10,13,16,19,22,24-25,29-30,33-40H2,1-2H3,(H2,48,49,50)/b12-11-,15-14-,18-17-,21-20-,26-23-,31-27-,32-28-/t41-,42?,43?/m1/s1. The van der Waals surface area contributed by atoms with Crippen LogP contribution in [0.2, 0.25) is 0 Å². The summed E-state index contributed by atoms with van der Waals surface area (Å²) in [6.07, 6.45) is 50.5. The van der Waals surface area contributed by atoms with Crippen LogP contribution in [0.3, 0.4) is 0 Å². The van der Waals surface area contributed by atoms with Crippen LogP contribution in [0.4, 0.5) is 0 Å². The van der Waals surface area contributed by atoms with E-state index in [2.05, 4.69) is 91.3 Å². The molecule has 1 heterocycles. The van der Waals surface area contributed by atoms with Crippen LogP contribution >= 0.6 is 7.82 Å². The zero-order chi connectivity index (χ0) is 40.1. The summed E-state index contributed by atoms with van der Waals surface area (Å²) in [4.78, 5) is 42.9. The van der Waals surface area contributed by atoms with Crippen molar-refractivity contribution in [3.05, 3.63) is 85.1 Å². The van der Waals surface area contributed by atoms with Gasteiger partial charge in [0.05, 0.1) is 18.8 Å². The highest BCUT2D eigenvalue weighted by Crippen LogP contribution is 2.36. The van der Waals surface area contributed by atoms with Crippen LogP contribution in [0.15, 0.2) is 85.1 Å². The topological polar surface area (TPSA) is 132 Å². The third-order valence-electron chi connectivity index (χ3n) is 8.79. The van der Waals surface area contributed by atoms with Crippen LogP contribution in [0.25, 0.3) is 0 Å². The largest absolute Gasteiger partial charge is 0.469 e. The van der Waals surface area contributed by atoms with E-state index in [9.17, 15) is 14.2 Å². The predicted octanol–water partition coefficient (Wildman–Crippen LogP) is 11.8. The van der Waals surface area contributed by atoms with Gasteiger partial charge < -0.3 is 24.0 Å². The van der Waals surface area contributed by atoms with Gasteiger partial charge in [-0.15, -0.1) is 0 Å². The molecular formula is C45H73O9P. The first-order valence-corrected chi connectivity index (χ1v) is 22.5. The fourth-order valence-electron chi connectivity index (χ4n) is 5.51. The van der Waals surface area contributed by atoms with Crippen molar-refractivity contribution in [3.63, 3.8) is 0 Å². The molecule has 0 aromatic carbocycles. The summed E-state index contributed by atoms with van der Waals surface area (Å²) in [5.74, 6) is -1.00. The minimum absolute atomic E-state index is 0.118. The number of phosphoric acid groups is 1. The third-order valence-corrected chi connectivity index (χ3v) is 9.27. The van der Waals surface area contributed by atoms with E-state index in [0.29, 0.717) is 31.5 Å². The van der Waals surface area contributed by atoms with Gasteiger partial charge in [0.25, 0.3) is 0 Å². The van der Waals surface area contributed by atoms with E-state index in [4.69, 9.17) is 24.0 Å².